The number of carbonyl (C=O) groups excluding carboxylic acids is 2. The lowest BCUT2D eigenvalue weighted by atomic mass is 9.99. The topological polar surface area (TPSA) is 114 Å². The number of hydrogen-bond donors (Lipinski definition) is 0. The van der Waals surface area contributed by atoms with Gasteiger partial charge in [0.1, 0.15) is 13.2 Å². The molecule has 0 aliphatic heterocycles. The normalized spacial score (nSPS) is 14.4. The number of nitrogens with zero attached hydrogens (tertiary/aromatic N) is 6. The first kappa shape index (κ1) is 33.4. The maximum atomic E-state index is 12.6. The minimum absolute atomic E-state index is 0.0217. The molecule has 4 aromatic carbocycles. The van der Waals surface area contributed by atoms with Crippen molar-refractivity contribution in [1.82, 2.24) is 29.5 Å². The zero-order valence-corrected chi connectivity index (χ0v) is 31.4. The van der Waals surface area contributed by atoms with Gasteiger partial charge in [-0.15, -0.1) is 20.4 Å². The highest BCUT2D eigenvalue weighted by Crippen LogP contribution is 2.45. The van der Waals surface area contributed by atoms with Crippen molar-refractivity contribution in [3.8, 4) is 11.4 Å². The van der Waals surface area contributed by atoms with Gasteiger partial charge < -0.3 is 9.47 Å². The van der Waals surface area contributed by atoms with Crippen molar-refractivity contribution in [2.45, 2.75) is 47.8 Å². The summed E-state index contributed by atoms with van der Waals surface area (Å²) in [5.41, 5.74) is 4.61. The summed E-state index contributed by atoms with van der Waals surface area (Å²) in [6.45, 7) is -0.110. The summed E-state index contributed by atoms with van der Waals surface area (Å²) in [6, 6.07) is 25.2. The van der Waals surface area contributed by atoms with Gasteiger partial charge in [-0.1, -0.05) is 84.2 Å². The van der Waals surface area contributed by atoms with Gasteiger partial charge in [0, 0.05) is 10.8 Å². The fourth-order valence-electron chi connectivity index (χ4n) is 6.24. The van der Waals surface area contributed by atoms with Gasteiger partial charge in [0.15, 0.2) is 10.3 Å². The summed E-state index contributed by atoms with van der Waals surface area (Å²) in [4.78, 5) is 25.2. The highest BCUT2D eigenvalue weighted by Gasteiger charge is 2.28. The summed E-state index contributed by atoms with van der Waals surface area (Å²) >= 11 is 9.53. The summed E-state index contributed by atoms with van der Waals surface area (Å²) < 4.78 is 15.6. The zero-order chi connectivity index (χ0) is 34.2. The van der Waals surface area contributed by atoms with Gasteiger partial charge in [0.2, 0.25) is 9.47 Å². The smallest absolute Gasteiger partial charge is 0.316 e. The molecule has 6 aromatic rings. The summed E-state index contributed by atoms with van der Waals surface area (Å²) in [5.74, 6) is 0.382. The maximum Gasteiger partial charge on any atom is 0.316 e. The van der Waals surface area contributed by atoms with Crippen LogP contribution >= 0.6 is 55.4 Å². The molecule has 0 spiro atoms. The number of halogens is 2. The van der Waals surface area contributed by atoms with Crippen molar-refractivity contribution in [3.05, 3.63) is 93.4 Å². The molecule has 0 bridgehead atoms. The molecule has 14 heteroatoms. The fraction of sp³-hybridized carbons (Fsp3) is 0.278. The van der Waals surface area contributed by atoms with E-state index in [4.69, 9.17) is 9.47 Å². The second-order valence-corrected chi connectivity index (χ2v) is 15.5. The Morgan fingerprint density at radius 1 is 0.600 bits per heavy atom. The van der Waals surface area contributed by atoms with Crippen molar-refractivity contribution in [2.24, 2.45) is 0 Å². The molecule has 50 heavy (non-hydrogen) atoms. The number of rotatable bonds is 13. The Bertz CT molecular complexity index is 2090. The predicted molar refractivity (Wildman–Crippen MR) is 200 cm³/mol. The van der Waals surface area contributed by atoms with Crippen molar-refractivity contribution in [1.29, 1.82) is 0 Å². The van der Waals surface area contributed by atoms with Gasteiger partial charge in [0.05, 0.1) is 22.9 Å². The molecular formula is C36H30Br2N6O4S2. The van der Waals surface area contributed by atoms with Crippen molar-refractivity contribution < 1.29 is 19.1 Å². The predicted octanol–water partition coefficient (Wildman–Crippen LogP) is 8.41. The summed E-state index contributed by atoms with van der Waals surface area (Å²) in [5, 5.41) is 22.8. The Morgan fingerprint density at radius 3 is 1.40 bits per heavy atom. The van der Waals surface area contributed by atoms with Crippen LogP contribution in [0.25, 0.3) is 32.9 Å². The molecular weight excluding hydrogens is 804 g/mol. The van der Waals surface area contributed by atoms with E-state index in [1.165, 1.54) is 71.1 Å². The van der Waals surface area contributed by atoms with Crippen LogP contribution in [0.4, 0.5) is 0 Å². The van der Waals surface area contributed by atoms with E-state index < -0.39 is 11.9 Å². The molecule has 0 N–H and O–H groups in total. The second kappa shape index (κ2) is 14.5. The number of hydrogen-bond acceptors (Lipinski definition) is 10. The van der Waals surface area contributed by atoms with E-state index in [0.29, 0.717) is 31.6 Å². The molecule has 2 aromatic heterocycles. The van der Waals surface area contributed by atoms with Gasteiger partial charge in [-0.25, -0.2) is 0 Å². The van der Waals surface area contributed by atoms with Gasteiger partial charge in [-0.05, 0) is 103 Å². The van der Waals surface area contributed by atoms with Crippen molar-refractivity contribution in [3.63, 3.8) is 0 Å². The highest BCUT2D eigenvalue weighted by atomic mass is 79.9. The Balaban J connectivity index is 0.838. The number of fused-ring (bicyclic) bond motifs is 2. The molecule has 2 fully saturated rings. The van der Waals surface area contributed by atoms with E-state index in [9.17, 15) is 9.59 Å². The second-order valence-electron chi connectivity index (χ2n) is 12.2. The Morgan fingerprint density at radius 2 is 1.00 bits per heavy atom. The van der Waals surface area contributed by atoms with Crippen LogP contribution in [0.2, 0.25) is 0 Å². The molecule has 0 unspecified atom stereocenters. The van der Waals surface area contributed by atoms with Crippen LogP contribution in [-0.4, -0.2) is 66.2 Å². The molecule has 8 rings (SSSR count). The third-order valence-corrected chi connectivity index (χ3v) is 11.7. The number of aromatic nitrogens is 6. The molecule has 0 atom stereocenters. The molecule has 10 nitrogen and oxygen atoms in total. The fourth-order valence-corrected chi connectivity index (χ4v) is 8.84. The van der Waals surface area contributed by atoms with Crippen molar-refractivity contribution in [2.75, 3.05) is 24.7 Å². The average Bonchev–Trinajstić information content (AvgIpc) is 4.08. The Kier molecular flexibility index (Phi) is 9.69. The molecule has 0 saturated heterocycles. The monoisotopic (exact) mass is 832 g/mol. The van der Waals surface area contributed by atoms with Crippen LogP contribution in [0, 0.1) is 0 Å². The van der Waals surface area contributed by atoms with Crippen LogP contribution in [0.5, 0.6) is 0 Å². The maximum absolute atomic E-state index is 12.6. The van der Waals surface area contributed by atoms with E-state index >= 15 is 0 Å². The Labute approximate surface area is 313 Å². The summed E-state index contributed by atoms with van der Waals surface area (Å²) in [6.07, 6.45) is 4.88. The third kappa shape index (κ3) is 6.95. The molecule has 2 saturated carbocycles. The third-order valence-electron chi connectivity index (χ3n) is 8.82. The Hall–Kier alpha value is -3.72. The molecule has 0 amide bonds. The first-order valence-corrected chi connectivity index (χ1v) is 19.8. The lowest BCUT2D eigenvalue weighted by Gasteiger charge is -2.14. The molecule has 0 radical (unpaired) electrons. The standard InChI is InChI=1S/C36H30Br2N6O4S2/c37-33-39-41-35(43(33)29-15-13-23(21-9-10-21)25-5-1-3-7-27(25)29)49-19-31(45)47-17-18-48-32(46)20-50-36-42-40-34(38)44(36)30-16-14-24(22-11-12-22)26-6-2-4-8-28(26)30/h1-8,13-16,21-22H,9-12,17-20H2. The first-order chi connectivity index (χ1) is 24.5. The van der Waals surface area contributed by atoms with E-state index in [1.807, 2.05) is 21.3 Å². The lowest BCUT2D eigenvalue weighted by Crippen LogP contribution is -2.16. The average molecular weight is 835 g/mol. The SMILES string of the molecule is O=C(CSc1nnc(Br)n1-c1ccc(C2CC2)c2ccccc12)OCCOC(=O)CSc1nnc(Br)n1-c1ccc(C2CC2)c2ccccc12. The van der Waals surface area contributed by atoms with Crippen LogP contribution in [0.3, 0.4) is 0 Å². The molecule has 254 valence electrons. The van der Waals surface area contributed by atoms with Crippen LogP contribution in [-0.2, 0) is 19.1 Å². The van der Waals surface area contributed by atoms with Gasteiger partial charge in [-0.2, -0.15) is 0 Å². The van der Waals surface area contributed by atoms with Gasteiger partial charge >= 0.3 is 11.9 Å². The van der Waals surface area contributed by atoms with Crippen LogP contribution in [0.1, 0.15) is 48.6 Å². The molecule has 2 heterocycles. The number of carbonyl (C=O) groups is 2. The van der Waals surface area contributed by atoms with E-state index in [-0.39, 0.29) is 24.7 Å². The van der Waals surface area contributed by atoms with Gasteiger partial charge in [0.25, 0.3) is 0 Å². The van der Waals surface area contributed by atoms with Crippen LogP contribution < -0.4 is 0 Å². The zero-order valence-electron chi connectivity index (χ0n) is 26.6. The number of esters is 2. The van der Waals surface area contributed by atoms with E-state index in [1.54, 1.807) is 0 Å². The van der Waals surface area contributed by atoms with Crippen molar-refractivity contribution >= 4 is 88.9 Å². The molecule has 2 aliphatic rings. The van der Waals surface area contributed by atoms with Gasteiger partial charge in [-0.3, -0.25) is 18.7 Å². The largest absolute Gasteiger partial charge is 0.461 e. The minimum Gasteiger partial charge on any atom is -0.461 e. The van der Waals surface area contributed by atoms with E-state index in [2.05, 4.69) is 113 Å². The summed E-state index contributed by atoms with van der Waals surface area (Å²) in [7, 11) is 0. The number of benzene rings is 4. The van der Waals surface area contributed by atoms with Crippen LogP contribution in [0.15, 0.2) is 92.6 Å². The van der Waals surface area contributed by atoms with E-state index in [0.717, 1.165) is 22.1 Å². The quantitative estimate of drug-likeness (QED) is 0.0639. The first-order valence-electron chi connectivity index (χ1n) is 16.3. The number of ether oxygens (including phenoxy) is 2. The lowest BCUT2D eigenvalue weighted by molar-refractivity contribution is -0.148. The highest BCUT2D eigenvalue weighted by molar-refractivity contribution is 9.10. The molecule has 2 aliphatic carbocycles. The minimum atomic E-state index is -0.446. The number of thioether (sulfide) groups is 2.